The summed E-state index contributed by atoms with van der Waals surface area (Å²) in [7, 11) is 4.12. The van der Waals surface area contributed by atoms with E-state index in [1.165, 1.54) is 6.42 Å². The SMILES string of the molecule is CC1CCCC(CNC(=O)c2ccc3nc(C(F)F)[nH]c3c2)(N(C)C)C1. The summed E-state index contributed by atoms with van der Waals surface area (Å²) in [4.78, 5) is 21.2. The van der Waals surface area contributed by atoms with Crippen LogP contribution in [0.25, 0.3) is 11.0 Å². The lowest BCUT2D eigenvalue weighted by atomic mass is 9.75. The number of nitrogens with one attached hydrogen (secondary N) is 2. The van der Waals surface area contributed by atoms with Gasteiger partial charge in [-0.2, -0.15) is 0 Å². The van der Waals surface area contributed by atoms with Crippen molar-refractivity contribution < 1.29 is 13.6 Å². The summed E-state index contributed by atoms with van der Waals surface area (Å²) in [6, 6.07) is 4.80. The van der Waals surface area contributed by atoms with Gasteiger partial charge >= 0.3 is 0 Å². The Morgan fingerprint density at radius 2 is 2.23 bits per heavy atom. The van der Waals surface area contributed by atoms with Crippen LogP contribution in [0.5, 0.6) is 0 Å². The van der Waals surface area contributed by atoms with Gasteiger partial charge in [0.15, 0.2) is 5.82 Å². The third-order valence-corrected chi connectivity index (χ3v) is 5.56. The highest BCUT2D eigenvalue weighted by atomic mass is 19.3. The van der Waals surface area contributed by atoms with E-state index in [0.29, 0.717) is 29.1 Å². The zero-order valence-corrected chi connectivity index (χ0v) is 15.5. The van der Waals surface area contributed by atoms with Gasteiger partial charge in [0.2, 0.25) is 0 Å². The quantitative estimate of drug-likeness (QED) is 0.850. The van der Waals surface area contributed by atoms with Crippen molar-refractivity contribution in [2.45, 2.75) is 44.6 Å². The molecule has 0 bridgehead atoms. The van der Waals surface area contributed by atoms with Gasteiger partial charge in [-0.1, -0.05) is 19.8 Å². The van der Waals surface area contributed by atoms with E-state index in [0.717, 1.165) is 19.3 Å². The number of benzene rings is 1. The van der Waals surface area contributed by atoms with Crippen LogP contribution in [0, 0.1) is 5.92 Å². The fourth-order valence-electron chi connectivity index (χ4n) is 3.98. The van der Waals surface area contributed by atoms with E-state index >= 15 is 0 Å². The van der Waals surface area contributed by atoms with E-state index in [4.69, 9.17) is 0 Å². The summed E-state index contributed by atoms with van der Waals surface area (Å²) >= 11 is 0. The van der Waals surface area contributed by atoms with Crippen molar-refractivity contribution in [2.75, 3.05) is 20.6 Å². The minimum Gasteiger partial charge on any atom is -0.350 e. The van der Waals surface area contributed by atoms with Gasteiger partial charge in [-0.15, -0.1) is 0 Å². The lowest BCUT2D eigenvalue weighted by Crippen LogP contribution is -2.55. The second-order valence-electron chi connectivity index (χ2n) is 7.66. The van der Waals surface area contributed by atoms with Gasteiger partial charge in [0.1, 0.15) is 0 Å². The van der Waals surface area contributed by atoms with Crippen LogP contribution in [0.15, 0.2) is 18.2 Å². The number of hydrogen-bond donors (Lipinski definition) is 2. The average molecular weight is 364 g/mol. The number of nitrogens with zero attached hydrogens (tertiary/aromatic N) is 2. The average Bonchev–Trinajstić information content (AvgIpc) is 3.03. The first kappa shape index (κ1) is 18.8. The van der Waals surface area contributed by atoms with Crippen molar-refractivity contribution in [1.29, 1.82) is 0 Å². The number of rotatable bonds is 5. The number of hydrogen-bond acceptors (Lipinski definition) is 3. The van der Waals surface area contributed by atoms with Gasteiger partial charge < -0.3 is 15.2 Å². The van der Waals surface area contributed by atoms with Crippen molar-refractivity contribution in [3.8, 4) is 0 Å². The lowest BCUT2D eigenvalue weighted by molar-refractivity contribution is 0.0675. The molecule has 1 fully saturated rings. The maximum atomic E-state index is 12.8. The number of halogens is 2. The van der Waals surface area contributed by atoms with E-state index in [1.54, 1.807) is 18.2 Å². The summed E-state index contributed by atoms with van der Waals surface area (Å²) in [5.41, 5.74) is 1.29. The molecule has 2 unspecified atom stereocenters. The molecule has 1 aliphatic rings. The lowest BCUT2D eigenvalue weighted by Gasteiger charge is -2.45. The molecule has 142 valence electrons. The van der Waals surface area contributed by atoms with E-state index in [1.807, 2.05) is 0 Å². The van der Waals surface area contributed by atoms with Crippen molar-refractivity contribution in [3.05, 3.63) is 29.6 Å². The normalized spacial score (nSPS) is 23.7. The molecule has 0 radical (unpaired) electrons. The predicted molar refractivity (Wildman–Crippen MR) is 97.4 cm³/mol. The summed E-state index contributed by atoms with van der Waals surface area (Å²) in [5, 5.41) is 3.04. The van der Waals surface area contributed by atoms with Crippen LogP contribution in [0.3, 0.4) is 0 Å². The number of carbonyl (C=O) groups is 1. The molecule has 3 rings (SSSR count). The standard InChI is InChI=1S/C19H26F2N4O/c1-12-5-4-8-19(10-12,25(2)3)11-22-18(26)13-6-7-14-15(9-13)24-17(23-14)16(20)21/h6-7,9,12,16H,4-5,8,10-11H2,1-3H3,(H,22,26)(H,23,24). The Hall–Kier alpha value is -2.02. The van der Waals surface area contributed by atoms with Crippen LogP contribution in [0.1, 0.15) is 55.2 Å². The largest absolute Gasteiger partial charge is 0.350 e. The molecule has 2 aromatic rings. The fraction of sp³-hybridized carbons (Fsp3) is 0.579. The summed E-state index contributed by atoms with van der Waals surface area (Å²) in [5.74, 6) is 0.0667. The van der Waals surface area contributed by atoms with Crippen molar-refractivity contribution in [1.82, 2.24) is 20.2 Å². The minimum atomic E-state index is -2.66. The van der Waals surface area contributed by atoms with E-state index in [2.05, 4.69) is 41.2 Å². The molecule has 0 spiro atoms. The first-order valence-electron chi connectivity index (χ1n) is 9.04. The van der Waals surface area contributed by atoms with Gasteiger partial charge in [-0.05, 0) is 51.1 Å². The topological polar surface area (TPSA) is 61.0 Å². The highest BCUT2D eigenvalue weighted by Crippen LogP contribution is 2.35. The Morgan fingerprint density at radius 1 is 1.46 bits per heavy atom. The van der Waals surface area contributed by atoms with E-state index in [-0.39, 0.29) is 17.3 Å². The summed E-state index contributed by atoms with van der Waals surface area (Å²) < 4.78 is 25.5. The molecule has 0 aliphatic heterocycles. The number of aromatic amines is 1. The second-order valence-corrected chi connectivity index (χ2v) is 7.66. The number of alkyl halides is 2. The molecule has 7 heteroatoms. The summed E-state index contributed by atoms with van der Waals surface area (Å²) in [6.45, 7) is 2.83. The number of aromatic nitrogens is 2. The molecule has 1 heterocycles. The molecule has 1 aromatic heterocycles. The maximum Gasteiger partial charge on any atom is 0.295 e. The number of likely N-dealkylation sites (N-methyl/N-ethyl adjacent to an activating group) is 1. The molecule has 0 saturated heterocycles. The number of carbonyl (C=O) groups excluding carboxylic acids is 1. The Morgan fingerprint density at radius 3 is 2.88 bits per heavy atom. The third kappa shape index (κ3) is 3.72. The Labute approximate surface area is 152 Å². The van der Waals surface area contributed by atoms with Gasteiger partial charge in [-0.3, -0.25) is 4.79 Å². The zero-order valence-electron chi connectivity index (χ0n) is 15.5. The van der Waals surface area contributed by atoms with Crippen LogP contribution in [0.4, 0.5) is 8.78 Å². The number of amides is 1. The molecule has 2 atom stereocenters. The highest BCUT2D eigenvalue weighted by molar-refractivity contribution is 5.97. The first-order chi connectivity index (χ1) is 12.3. The van der Waals surface area contributed by atoms with Gasteiger partial charge in [0, 0.05) is 17.6 Å². The fourth-order valence-corrected chi connectivity index (χ4v) is 3.98. The second kappa shape index (κ2) is 7.31. The van der Waals surface area contributed by atoms with Crippen LogP contribution in [0.2, 0.25) is 0 Å². The highest BCUT2D eigenvalue weighted by Gasteiger charge is 2.37. The Balaban J connectivity index is 1.73. The van der Waals surface area contributed by atoms with Crippen LogP contribution in [-0.4, -0.2) is 47.0 Å². The molecular weight excluding hydrogens is 338 g/mol. The smallest absolute Gasteiger partial charge is 0.295 e. The van der Waals surface area contributed by atoms with E-state index in [9.17, 15) is 13.6 Å². The van der Waals surface area contributed by atoms with Crippen molar-refractivity contribution in [3.63, 3.8) is 0 Å². The number of imidazole rings is 1. The van der Waals surface area contributed by atoms with Gasteiger partial charge in [0.05, 0.1) is 11.0 Å². The molecule has 2 N–H and O–H groups in total. The molecule has 1 saturated carbocycles. The molecular formula is C19H26F2N4O. The first-order valence-corrected chi connectivity index (χ1v) is 9.04. The van der Waals surface area contributed by atoms with Crippen molar-refractivity contribution >= 4 is 16.9 Å². The van der Waals surface area contributed by atoms with Gasteiger partial charge in [0.25, 0.3) is 12.3 Å². The summed E-state index contributed by atoms with van der Waals surface area (Å²) in [6.07, 6.45) is 1.84. The molecule has 1 amide bonds. The van der Waals surface area contributed by atoms with E-state index < -0.39 is 6.43 Å². The molecule has 26 heavy (non-hydrogen) atoms. The zero-order chi connectivity index (χ0) is 18.9. The minimum absolute atomic E-state index is 0.0335. The third-order valence-electron chi connectivity index (χ3n) is 5.56. The van der Waals surface area contributed by atoms with Crippen LogP contribution in [-0.2, 0) is 0 Å². The molecule has 5 nitrogen and oxygen atoms in total. The predicted octanol–water partition coefficient (Wildman–Crippen LogP) is 3.74. The molecule has 1 aromatic carbocycles. The van der Waals surface area contributed by atoms with Crippen LogP contribution >= 0.6 is 0 Å². The van der Waals surface area contributed by atoms with Crippen molar-refractivity contribution in [2.24, 2.45) is 5.92 Å². The monoisotopic (exact) mass is 364 g/mol. The Kier molecular flexibility index (Phi) is 5.27. The number of fused-ring (bicyclic) bond motifs is 1. The molecule has 1 aliphatic carbocycles. The number of H-pyrrole nitrogens is 1. The van der Waals surface area contributed by atoms with Crippen LogP contribution < -0.4 is 5.32 Å². The Bertz CT molecular complexity index is 789. The maximum absolute atomic E-state index is 12.8. The van der Waals surface area contributed by atoms with Gasteiger partial charge in [-0.25, -0.2) is 13.8 Å².